The van der Waals surface area contributed by atoms with E-state index in [-0.39, 0.29) is 0 Å². The van der Waals surface area contributed by atoms with E-state index < -0.39 is 0 Å². The van der Waals surface area contributed by atoms with Crippen molar-refractivity contribution in [3.63, 3.8) is 0 Å². The van der Waals surface area contributed by atoms with Crippen LogP contribution in [0, 0.1) is 12.3 Å². The predicted octanol–water partition coefficient (Wildman–Crippen LogP) is 1.83. The van der Waals surface area contributed by atoms with Crippen LogP contribution in [0.5, 0.6) is 0 Å². The van der Waals surface area contributed by atoms with E-state index in [4.69, 9.17) is 6.42 Å². The number of fused-ring (bicyclic) bond motifs is 1. The van der Waals surface area contributed by atoms with E-state index in [2.05, 4.69) is 29.9 Å². The highest BCUT2D eigenvalue weighted by Gasteiger charge is 2.09. The van der Waals surface area contributed by atoms with Crippen molar-refractivity contribution in [1.82, 2.24) is 14.6 Å². The molecule has 3 nitrogen and oxygen atoms in total. The Hall–Kier alpha value is -1.82. The molecule has 0 saturated heterocycles. The number of pyridine rings is 1. The van der Waals surface area contributed by atoms with E-state index >= 15 is 0 Å². The predicted molar refractivity (Wildman–Crippen MR) is 55.0 cm³/mol. The van der Waals surface area contributed by atoms with E-state index in [9.17, 15) is 0 Å². The minimum absolute atomic E-state index is 0.398. The Kier molecular flexibility index (Phi) is 1.97. The van der Waals surface area contributed by atoms with E-state index in [1.165, 1.54) is 6.33 Å². The molecular weight excluding hydrogens is 174 g/mol. The van der Waals surface area contributed by atoms with Gasteiger partial charge in [0.2, 0.25) is 0 Å². The summed E-state index contributed by atoms with van der Waals surface area (Å²) in [5.74, 6) is 3.06. The van der Waals surface area contributed by atoms with Crippen molar-refractivity contribution in [2.75, 3.05) is 0 Å². The average molecular weight is 185 g/mol. The molecule has 0 saturated carbocycles. The molecule has 0 aliphatic carbocycles. The standard InChI is InChI=1S/C11H11N3/c1-4-10-9(8(2)3)5-6-11-12-7-13-14(10)11/h1,5-8H,2-3H3. The molecule has 0 spiro atoms. The summed E-state index contributed by atoms with van der Waals surface area (Å²) in [5.41, 5.74) is 2.72. The average Bonchev–Trinajstić information content (AvgIpc) is 2.63. The number of terminal acetylenes is 1. The lowest BCUT2D eigenvalue weighted by Crippen LogP contribution is -2.01. The van der Waals surface area contributed by atoms with Gasteiger partial charge in [-0.25, -0.2) is 9.50 Å². The highest BCUT2D eigenvalue weighted by atomic mass is 15.3. The Balaban J connectivity index is 2.81. The first-order valence-corrected chi connectivity index (χ1v) is 4.53. The molecule has 2 rings (SSSR count). The van der Waals surface area contributed by atoms with Crippen molar-refractivity contribution < 1.29 is 0 Å². The molecule has 14 heavy (non-hydrogen) atoms. The molecule has 0 N–H and O–H groups in total. The molecule has 0 aliphatic rings. The Morgan fingerprint density at radius 2 is 2.21 bits per heavy atom. The van der Waals surface area contributed by atoms with Crippen LogP contribution in [0.15, 0.2) is 18.5 Å². The summed E-state index contributed by atoms with van der Waals surface area (Å²) in [6.45, 7) is 4.22. The van der Waals surface area contributed by atoms with Gasteiger partial charge in [-0.15, -0.1) is 6.42 Å². The molecule has 0 radical (unpaired) electrons. The number of hydrogen-bond donors (Lipinski definition) is 0. The van der Waals surface area contributed by atoms with Crippen molar-refractivity contribution in [2.24, 2.45) is 0 Å². The van der Waals surface area contributed by atoms with E-state index in [1.807, 2.05) is 12.1 Å². The summed E-state index contributed by atoms with van der Waals surface area (Å²) in [6, 6.07) is 3.95. The second-order valence-electron chi connectivity index (χ2n) is 3.47. The fourth-order valence-electron chi connectivity index (χ4n) is 1.51. The van der Waals surface area contributed by atoms with Crippen molar-refractivity contribution in [3.8, 4) is 12.3 Å². The first-order chi connectivity index (χ1) is 6.74. The maximum Gasteiger partial charge on any atom is 0.156 e. The molecule has 0 unspecified atom stereocenters. The van der Waals surface area contributed by atoms with Gasteiger partial charge in [0.25, 0.3) is 0 Å². The number of aromatic nitrogens is 3. The van der Waals surface area contributed by atoms with Gasteiger partial charge >= 0.3 is 0 Å². The lowest BCUT2D eigenvalue weighted by atomic mass is 10.0. The summed E-state index contributed by atoms with van der Waals surface area (Å²) in [4.78, 5) is 4.08. The zero-order valence-electron chi connectivity index (χ0n) is 8.23. The summed E-state index contributed by atoms with van der Waals surface area (Å²) in [7, 11) is 0. The number of hydrogen-bond acceptors (Lipinski definition) is 2. The molecule has 0 amide bonds. The highest BCUT2D eigenvalue weighted by molar-refractivity contribution is 5.47. The second-order valence-corrected chi connectivity index (χ2v) is 3.47. The molecule has 0 bridgehead atoms. The molecule has 2 heterocycles. The van der Waals surface area contributed by atoms with Crippen LogP contribution in [0.3, 0.4) is 0 Å². The van der Waals surface area contributed by atoms with Crippen LogP contribution in [-0.2, 0) is 0 Å². The quantitative estimate of drug-likeness (QED) is 0.634. The van der Waals surface area contributed by atoms with Crippen molar-refractivity contribution >= 4 is 5.65 Å². The third kappa shape index (κ3) is 1.16. The van der Waals surface area contributed by atoms with Crippen LogP contribution in [-0.4, -0.2) is 14.6 Å². The third-order valence-electron chi connectivity index (χ3n) is 2.23. The Labute approximate surface area is 82.8 Å². The number of nitrogens with zero attached hydrogens (tertiary/aromatic N) is 3. The molecule has 70 valence electrons. The molecule has 0 fully saturated rings. The first-order valence-electron chi connectivity index (χ1n) is 4.53. The molecular formula is C11H11N3. The number of rotatable bonds is 1. The van der Waals surface area contributed by atoms with Crippen molar-refractivity contribution in [2.45, 2.75) is 19.8 Å². The lowest BCUT2D eigenvalue weighted by Gasteiger charge is -2.08. The fraction of sp³-hybridized carbons (Fsp3) is 0.273. The Morgan fingerprint density at radius 3 is 2.86 bits per heavy atom. The molecule has 0 aromatic carbocycles. The van der Waals surface area contributed by atoms with Gasteiger partial charge in [-0.3, -0.25) is 0 Å². The monoisotopic (exact) mass is 185 g/mol. The van der Waals surface area contributed by atoms with Gasteiger partial charge in [-0.1, -0.05) is 19.9 Å². The molecule has 0 atom stereocenters. The van der Waals surface area contributed by atoms with Crippen LogP contribution in [0.25, 0.3) is 5.65 Å². The first kappa shape index (κ1) is 8.76. The summed E-state index contributed by atoms with van der Waals surface area (Å²) < 4.78 is 1.70. The zero-order valence-corrected chi connectivity index (χ0v) is 8.23. The van der Waals surface area contributed by atoms with Gasteiger partial charge in [0, 0.05) is 0 Å². The van der Waals surface area contributed by atoms with Crippen molar-refractivity contribution in [1.29, 1.82) is 0 Å². The van der Waals surface area contributed by atoms with Crippen LogP contribution in [0.1, 0.15) is 31.0 Å². The topological polar surface area (TPSA) is 30.2 Å². The lowest BCUT2D eigenvalue weighted by molar-refractivity contribution is 0.826. The summed E-state index contributed by atoms with van der Waals surface area (Å²) in [5, 5.41) is 4.10. The largest absolute Gasteiger partial charge is 0.215 e. The second kappa shape index (κ2) is 3.15. The Morgan fingerprint density at radius 1 is 1.43 bits per heavy atom. The minimum Gasteiger partial charge on any atom is -0.215 e. The van der Waals surface area contributed by atoms with Crippen LogP contribution in [0.2, 0.25) is 0 Å². The molecule has 2 aromatic heterocycles. The summed E-state index contributed by atoms with van der Waals surface area (Å²) in [6.07, 6.45) is 6.99. The minimum atomic E-state index is 0.398. The van der Waals surface area contributed by atoms with E-state index in [0.717, 1.165) is 16.9 Å². The SMILES string of the molecule is C#Cc1c(C(C)C)ccc2ncnn12. The van der Waals surface area contributed by atoms with Gasteiger partial charge < -0.3 is 0 Å². The third-order valence-corrected chi connectivity index (χ3v) is 2.23. The fourth-order valence-corrected chi connectivity index (χ4v) is 1.51. The van der Waals surface area contributed by atoms with Gasteiger partial charge in [0.05, 0.1) is 0 Å². The van der Waals surface area contributed by atoms with Crippen LogP contribution < -0.4 is 0 Å². The van der Waals surface area contributed by atoms with Gasteiger partial charge in [-0.2, -0.15) is 5.10 Å². The maximum absolute atomic E-state index is 5.48. The van der Waals surface area contributed by atoms with Crippen LogP contribution in [0.4, 0.5) is 0 Å². The van der Waals surface area contributed by atoms with E-state index in [1.54, 1.807) is 4.52 Å². The van der Waals surface area contributed by atoms with Gasteiger partial charge in [0.15, 0.2) is 5.65 Å². The molecule has 3 heteroatoms. The summed E-state index contributed by atoms with van der Waals surface area (Å²) >= 11 is 0. The van der Waals surface area contributed by atoms with Crippen LogP contribution >= 0.6 is 0 Å². The van der Waals surface area contributed by atoms with E-state index in [0.29, 0.717) is 5.92 Å². The Bertz CT molecular complexity index is 503. The smallest absolute Gasteiger partial charge is 0.156 e. The maximum atomic E-state index is 5.48. The van der Waals surface area contributed by atoms with Gasteiger partial charge in [-0.05, 0) is 23.5 Å². The molecule has 2 aromatic rings. The highest BCUT2D eigenvalue weighted by Crippen LogP contribution is 2.19. The zero-order chi connectivity index (χ0) is 10.1. The van der Waals surface area contributed by atoms with Gasteiger partial charge in [0.1, 0.15) is 12.0 Å². The normalized spacial score (nSPS) is 10.7. The van der Waals surface area contributed by atoms with Crippen molar-refractivity contribution in [3.05, 3.63) is 29.7 Å². The molecule has 0 aliphatic heterocycles.